The van der Waals surface area contributed by atoms with Crippen molar-refractivity contribution in [2.24, 2.45) is 9.98 Å². The lowest BCUT2D eigenvalue weighted by molar-refractivity contribution is -0.135. The number of carbonyl (C=O) groups excluding carboxylic acids is 3. The molecule has 204 valence electrons. The van der Waals surface area contributed by atoms with Crippen molar-refractivity contribution in [2.45, 2.75) is 19.0 Å². The van der Waals surface area contributed by atoms with Gasteiger partial charge in [-0.3, -0.25) is 19.4 Å². The van der Waals surface area contributed by atoms with E-state index in [0.29, 0.717) is 35.5 Å². The summed E-state index contributed by atoms with van der Waals surface area (Å²) in [7, 11) is 0. The summed E-state index contributed by atoms with van der Waals surface area (Å²) in [5.41, 5.74) is 2.54. The summed E-state index contributed by atoms with van der Waals surface area (Å²) < 4.78 is 5.25. The molecule has 10 nitrogen and oxygen atoms in total. The van der Waals surface area contributed by atoms with Crippen LogP contribution in [0, 0.1) is 0 Å². The van der Waals surface area contributed by atoms with E-state index in [1.54, 1.807) is 18.4 Å². The molecule has 0 spiro atoms. The first-order valence-electron chi connectivity index (χ1n) is 13.2. The zero-order valence-corrected chi connectivity index (χ0v) is 22.5. The van der Waals surface area contributed by atoms with Crippen molar-refractivity contribution in [3.63, 3.8) is 0 Å². The van der Waals surface area contributed by atoms with Crippen molar-refractivity contribution in [3.05, 3.63) is 84.3 Å². The molecule has 1 aromatic heterocycles. The number of rotatable bonds is 7. The Kier molecular flexibility index (Phi) is 7.37. The lowest BCUT2D eigenvalue weighted by Gasteiger charge is -2.36. The van der Waals surface area contributed by atoms with E-state index in [-0.39, 0.29) is 36.4 Å². The largest absolute Gasteiger partial charge is 0.467 e. The summed E-state index contributed by atoms with van der Waals surface area (Å²) in [5, 5.41) is 3.18. The normalized spacial score (nSPS) is 18.1. The minimum absolute atomic E-state index is 0.00603. The zero-order chi connectivity index (χ0) is 27.5. The lowest BCUT2D eigenvalue weighted by atomic mass is 10.1. The Labute approximate surface area is 235 Å². The highest BCUT2D eigenvalue weighted by molar-refractivity contribution is 8.14. The van der Waals surface area contributed by atoms with Crippen molar-refractivity contribution < 1.29 is 18.8 Å². The number of nitrogens with one attached hydrogen (secondary N) is 1. The number of furan rings is 1. The molecule has 1 atom stereocenters. The molecule has 11 heteroatoms. The standard InChI is InChI=1S/C29H28N6O4S/c36-25(30-18-21-9-6-16-39-21)19-40-29-32-23-11-5-4-10-22(23)27-31-24(28(38)35(27)29)17-26(37)34-14-12-33(13-15-34)20-7-2-1-3-8-20/h1-11,16,24H,12-15,17-19H2,(H,30,36). The summed E-state index contributed by atoms with van der Waals surface area (Å²) in [6.07, 6.45) is 1.55. The zero-order valence-electron chi connectivity index (χ0n) is 21.7. The third kappa shape index (κ3) is 5.37. The van der Waals surface area contributed by atoms with Crippen molar-refractivity contribution in [2.75, 3.05) is 36.8 Å². The summed E-state index contributed by atoms with van der Waals surface area (Å²) in [5.74, 6) is 0.583. The van der Waals surface area contributed by atoms with E-state index in [4.69, 9.17) is 9.41 Å². The summed E-state index contributed by atoms with van der Waals surface area (Å²) >= 11 is 1.16. The Morgan fingerprint density at radius 1 is 0.975 bits per heavy atom. The maximum Gasteiger partial charge on any atom is 0.259 e. The molecule has 40 heavy (non-hydrogen) atoms. The van der Waals surface area contributed by atoms with Crippen LogP contribution in [-0.2, 0) is 20.9 Å². The van der Waals surface area contributed by atoms with Crippen molar-refractivity contribution in [3.8, 4) is 0 Å². The Morgan fingerprint density at radius 3 is 2.52 bits per heavy atom. The Hall–Kier alpha value is -4.38. The minimum Gasteiger partial charge on any atom is -0.467 e. The van der Waals surface area contributed by atoms with Gasteiger partial charge < -0.3 is 19.5 Å². The van der Waals surface area contributed by atoms with Crippen LogP contribution in [0.25, 0.3) is 0 Å². The molecular formula is C29H28N6O4S. The van der Waals surface area contributed by atoms with Gasteiger partial charge in [-0.1, -0.05) is 42.1 Å². The second-order valence-corrected chi connectivity index (χ2v) is 10.5. The van der Waals surface area contributed by atoms with Crippen LogP contribution in [0.1, 0.15) is 17.7 Å². The van der Waals surface area contributed by atoms with Gasteiger partial charge in [0.05, 0.1) is 30.7 Å². The number of hydrogen-bond donors (Lipinski definition) is 1. The van der Waals surface area contributed by atoms with Crippen LogP contribution in [0.4, 0.5) is 11.4 Å². The molecule has 0 aliphatic carbocycles. The Balaban J connectivity index is 1.11. The Morgan fingerprint density at radius 2 is 1.75 bits per heavy atom. The van der Waals surface area contributed by atoms with E-state index in [1.165, 1.54) is 4.90 Å². The van der Waals surface area contributed by atoms with Gasteiger partial charge in [0.15, 0.2) is 5.17 Å². The molecule has 3 amide bonds. The average Bonchev–Trinajstić information content (AvgIpc) is 3.63. The molecule has 1 N–H and O–H groups in total. The van der Waals surface area contributed by atoms with E-state index in [2.05, 4.69) is 27.3 Å². The van der Waals surface area contributed by atoms with E-state index >= 15 is 0 Å². The summed E-state index contributed by atoms with van der Waals surface area (Å²) in [6, 6.07) is 20.3. The quantitative estimate of drug-likeness (QED) is 0.479. The van der Waals surface area contributed by atoms with Gasteiger partial charge in [0.1, 0.15) is 17.6 Å². The van der Waals surface area contributed by atoms with Gasteiger partial charge in [0.25, 0.3) is 5.91 Å². The summed E-state index contributed by atoms with van der Waals surface area (Å²) in [4.78, 5) is 54.2. The van der Waals surface area contributed by atoms with Gasteiger partial charge in [-0.2, -0.15) is 0 Å². The van der Waals surface area contributed by atoms with Gasteiger partial charge >= 0.3 is 0 Å². The first kappa shape index (κ1) is 25.9. The second-order valence-electron chi connectivity index (χ2n) is 9.61. The summed E-state index contributed by atoms with van der Waals surface area (Å²) in [6.45, 7) is 2.93. The number of amidine groups is 2. The fourth-order valence-corrected chi connectivity index (χ4v) is 5.79. The number of fused-ring (bicyclic) bond motifs is 3. The van der Waals surface area contributed by atoms with Crippen molar-refractivity contribution in [1.29, 1.82) is 0 Å². The molecule has 0 bridgehead atoms. The molecule has 0 saturated carbocycles. The first-order chi connectivity index (χ1) is 19.6. The molecule has 1 unspecified atom stereocenters. The number of anilines is 1. The third-order valence-corrected chi connectivity index (χ3v) is 7.98. The maximum atomic E-state index is 13.6. The molecule has 6 rings (SSSR count). The predicted molar refractivity (Wildman–Crippen MR) is 154 cm³/mol. The monoisotopic (exact) mass is 556 g/mol. The molecular weight excluding hydrogens is 528 g/mol. The van der Waals surface area contributed by atoms with E-state index in [0.717, 1.165) is 36.1 Å². The molecule has 1 fully saturated rings. The third-order valence-electron chi connectivity index (χ3n) is 7.04. The van der Waals surface area contributed by atoms with Gasteiger partial charge in [0.2, 0.25) is 11.8 Å². The smallest absolute Gasteiger partial charge is 0.259 e. The average molecular weight is 557 g/mol. The number of aliphatic imine (C=N–C) groups is 2. The number of nitrogens with zero attached hydrogens (tertiary/aromatic N) is 5. The number of thioether (sulfide) groups is 1. The van der Waals surface area contributed by atoms with Crippen molar-refractivity contribution >= 4 is 51.9 Å². The first-order valence-corrected chi connectivity index (χ1v) is 14.1. The molecule has 2 aromatic carbocycles. The highest BCUT2D eigenvalue weighted by atomic mass is 32.2. The highest BCUT2D eigenvalue weighted by Crippen LogP contribution is 2.34. The van der Waals surface area contributed by atoms with E-state index < -0.39 is 6.04 Å². The van der Waals surface area contributed by atoms with E-state index in [9.17, 15) is 14.4 Å². The van der Waals surface area contributed by atoms with Gasteiger partial charge in [-0.15, -0.1) is 0 Å². The molecule has 3 aliphatic heterocycles. The Bertz CT molecular complexity index is 1460. The molecule has 4 heterocycles. The number of hydrogen-bond acceptors (Lipinski definition) is 8. The van der Waals surface area contributed by atoms with Gasteiger partial charge in [0, 0.05) is 37.4 Å². The van der Waals surface area contributed by atoms with Crippen molar-refractivity contribution in [1.82, 2.24) is 15.1 Å². The van der Waals surface area contributed by atoms with Gasteiger partial charge in [-0.05, 0) is 36.4 Å². The second kappa shape index (κ2) is 11.4. The van der Waals surface area contributed by atoms with Crippen LogP contribution in [0.3, 0.4) is 0 Å². The number of amides is 3. The SMILES string of the molecule is O=C(CSC1=Nc2ccccc2C2=NC(CC(=O)N3CCN(c4ccccc4)CC3)C(=O)N12)NCc1ccco1. The van der Waals surface area contributed by atoms with Crippen LogP contribution in [0.2, 0.25) is 0 Å². The number of carbonyl (C=O) groups is 3. The van der Waals surface area contributed by atoms with E-state index in [1.807, 2.05) is 47.4 Å². The maximum absolute atomic E-state index is 13.6. The van der Waals surface area contributed by atoms with Crippen LogP contribution in [-0.4, -0.2) is 76.5 Å². The number of piperazine rings is 1. The topological polar surface area (TPSA) is 111 Å². The van der Waals surface area contributed by atoms with Crippen LogP contribution < -0.4 is 10.2 Å². The fraction of sp³-hybridized carbons (Fsp3) is 0.276. The molecule has 1 saturated heterocycles. The highest BCUT2D eigenvalue weighted by Gasteiger charge is 2.42. The van der Waals surface area contributed by atoms with Gasteiger partial charge in [-0.25, -0.2) is 9.89 Å². The molecule has 3 aliphatic rings. The lowest BCUT2D eigenvalue weighted by Crippen LogP contribution is -2.49. The van der Waals surface area contributed by atoms with Crippen LogP contribution in [0.5, 0.6) is 0 Å². The molecule has 3 aromatic rings. The number of benzene rings is 2. The minimum atomic E-state index is -0.834. The number of para-hydroxylation sites is 2. The van der Waals surface area contributed by atoms with Crippen LogP contribution in [0.15, 0.2) is 87.4 Å². The molecule has 0 radical (unpaired) electrons. The van der Waals surface area contributed by atoms with Crippen LogP contribution >= 0.6 is 11.8 Å². The predicted octanol–water partition coefficient (Wildman–Crippen LogP) is 3.03. The fourth-order valence-electron chi connectivity index (χ4n) is 4.96.